The number of hydrogen-bond donors (Lipinski definition) is 2. The SMILES string of the molecule is CNS(=O)(=O)c1cc(C(=O)NCC(F)(F)F)n(C)c1. The molecule has 19 heavy (non-hydrogen) atoms. The zero-order chi connectivity index (χ0) is 14.8. The van der Waals surface area contributed by atoms with Gasteiger partial charge in [-0.15, -0.1) is 0 Å². The maximum absolute atomic E-state index is 12.0. The molecule has 1 aromatic heterocycles. The molecule has 0 spiro atoms. The minimum atomic E-state index is -4.53. The average molecular weight is 299 g/mol. The number of alkyl halides is 3. The number of amides is 1. The normalized spacial score (nSPS) is 12.5. The molecule has 1 aromatic rings. The van der Waals surface area contributed by atoms with Gasteiger partial charge in [0.15, 0.2) is 0 Å². The molecule has 0 radical (unpaired) electrons. The third kappa shape index (κ3) is 3.96. The monoisotopic (exact) mass is 299 g/mol. The summed E-state index contributed by atoms with van der Waals surface area (Å²) in [5.74, 6) is -1.00. The Morgan fingerprint density at radius 1 is 1.42 bits per heavy atom. The van der Waals surface area contributed by atoms with Crippen molar-refractivity contribution in [1.82, 2.24) is 14.6 Å². The first-order valence-electron chi connectivity index (χ1n) is 5.01. The van der Waals surface area contributed by atoms with E-state index in [1.54, 1.807) is 5.32 Å². The summed E-state index contributed by atoms with van der Waals surface area (Å²) < 4.78 is 62.0. The van der Waals surface area contributed by atoms with Gasteiger partial charge < -0.3 is 9.88 Å². The third-order valence-corrected chi connectivity index (χ3v) is 3.62. The van der Waals surface area contributed by atoms with Crippen LogP contribution in [-0.4, -0.2) is 38.7 Å². The van der Waals surface area contributed by atoms with Crippen molar-refractivity contribution >= 4 is 15.9 Å². The van der Waals surface area contributed by atoms with Crippen molar-refractivity contribution in [2.75, 3.05) is 13.6 Å². The zero-order valence-electron chi connectivity index (χ0n) is 10.1. The van der Waals surface area contributed by atoms with Crippen LogP contribution in [0.3, 0.4) is 0 Å². The van der Waals surface area contributed by atoms with E-state index in [0.29, 0.717) is 0 Å². The number of hydrogen-bond acceptors (Lipinski definition) is 3. The molecule has 1 rings (SSSR count). The predicted octanol–water partition coefficient (Wildman–Crippen LogP) is 0.225. The first kappa shape index (κ1) is 15.5. The van der Waals surface area contributed by atoms with Gasteiger partial charge in [-0.3, -0.25) is 4.79 Å². The first-order chi connectivity index (χ1) is 8.57. The van der Waals surface area contributed by atoms with Crippen molar-refractivity contribution in [3.8, 4) is 0 Å². The van der Waals surface area contributed by atoms with Crippen molar-refractivity contribution < 1.29 is 26.4 Å². The van der Waals surface area contributed by atoms with Gasteiger partial charge in [0.05, 0.1) is 0 Å². The van der Waals surface area contributed by atoms with E-state index in [1.807, 2.05) is 4.72 Å². The molecule has 0 aliphatic heterocycles. The van der Waals surface area contributed by atoms with E-state index >= 15 is 0 Å². The number of nitrogens with zero attached hydrogens (tertiary/aromatic N) is 1. The molecule has 6 nitrogen and oxygen atoms in total. The molecule has 0 aromatic carbocycles. The molecular formula is C9H12F3N3O3S. The maximum atomic E-state index is 12.0. The molecule has 0 aliphatic carbocycles. The zero-order valence-corrected chi connectivity index (χ0v) is 10.9. The minimum Gasteiger partial charge on any atom is -0.345 e. The number of carbonyl (C=O) groups is 1. The number of nitrogens with one attached hydrogen (secondary N) is 2. The lowest BCUT2D eigenvalue weighted by Gasteiger charge is -2.08. The van der Waals surface area contributed by atoms with E-state index < -0.39 is 28.7 Å². The van der Waals surface area contributed by atoms with Gasteiger partial charge in [0, 0.05) is 13.2 Å². The first-order valence-corrected chi connectivity index (χ1v) is 6.50. The Morgan fingerprint density at radius 3 is 2.47 bits per heavy atom. The Morgan fingerprint density at radius 2 is 2.00 bits per heavy atom. The summed E-state index contributed by atoms with van der Waals surface area (Å²) in [5.41, 5.74) is -0.182. The second-order valence-corrected chi connectivity index (χ2v) is 5.56. The Kier molecular flexibility index (Phi) is 4.25. The topological polar surface area (TPSA) is 80.2 Å². The second kappa shape index (κ2) is 5.21. The van der Waals surface area contributed by atoms with Crippen molar-refractivity contribution in [3.63, 3.8) is 0 Å². The lowest BCUT2D eigenvalue weighted by molar-refractivity contribution is -0.123. The Hall–Kier alpha value is -1.55. The fourth-order valence-electron chi connectivity index (χ4n) is 1.30. The van der Waals surface area contributed by atoms with E-state index in [9.17, 15) is 26.4 Å². The fourth-order valence-corrected chi connectivity index (χ4v) is 2.10. The summed E-state index contributed by atoms with van der Waals surface area (Å²) in [7, 11) is -1.21. The average Bonchev–Trinajstić information content (AvgIpc) is 2.68. The number of halogens is 3. The summed E-state index contributed by atoms with van der Waals surface area (Å²) in [6.07, 6.45) is -3.39. The summed E-state index contributed by atoms with van der Waals surface area (Å²) in [5, 5.41) is 1.66. The smallest absolute Gasteiger partial charge is 0.345 e. The molecule has 0 saturated heterocycles. The van der Waals surface area contributed by atoms with Crippen LogP contribution in [0, 0.1) is 0 Å². The van der Waals surface area contributed by atoms with Crippen LogP contribution < -0.4 is 10.0 Å². The fraction of sp³-hybridized carbons (Fsp3) is 0.444. The van der Waals surface area contributed by atoms with Crippen molar-refractivity contribution in [2.24, 2.45) is 7.05 Å². The number of carbonyl (C=O) groups excluding carboxylic acids is 1. The quantitative estimate of drug-likeness (QED) is 0.835. The molecule has 0 saturated carbocycles. The second-order valence-electron chi connectivity index (χ2n) is 3.68. The van der Waals surface area contributed by atoms with Crippen LogP contribution in [0.2, 0.25) is 0 Å². The van der Waals surface area contributed by atoms with E-state index in [0.717, 1.165) is 16.8 Å². The molecule has 1 heterocycles. The van der Waals surface area contributed by atoms with Crippen LogP contribution in [0.25, 0.3) is 0 Å². The Balaban J connectivity index is 2.94. The number of aromatic nitrogens is 1. The van der Waals surface area contributed by atoms with Crippen LogP contribution in [0.15, 0.2) is 17.2 Å². The van der Waals surface area contributed by atoms with E-state index in [1.165, 1.54) is 14.1 Å². The lowest BCUT2D eigenvalue weighted by atomic mass is 10.4. The van der Waals surface area contributed by atoms with Gasteiger partial charge in [0.1, 0.15) is 17.1 Å². The summed E-state index contributed by atoms with van der Waals surface area (Å²) >= 11 is 0. The molecule has 2 N–H and O–H groups in total. The van der Waals surface area contributed by atoms with Crippen LogP contribution in [0.1, 0.15) is 10.5 Å². The standard InChI is InChI=1S/C9H12F3N3O3S/c1-13-19(17,18)6-3-7(15(2)4-6)8(16)14-5-9(10,11)12/h3-4,13H,5H2,1-2H3,(H,14,16). The molecule has 0 fully saturated rings. The molecule has 108 valence electrons. The largest absolute Gasteiger partial charge is 0.405 e. The highest BCUT2D eigenvalue weighted by molar-refractivity contribution is 7.89. The van der Waals surface area contributed by atoms with Crippen molar-refractivity contribution in [3.05, 3.63) is 18.0 Å². The van der Waals surface area contributed by atoms with Crippen LogP contribution >= 0.6 is 0 Å². The molecule has 0 aliphatic rings. The van der Waals surface area contributed by atoms with Crippen LogP contribution in [0.4, 0.5) is 13.2 Å². The summed E-state index contributed by atoms with van der Waals surface area (Å²) in [4.78, 5) is 11.3. The number of rotatable bonds is 4. The predicted molar refractivity (Wildman–Crippen MR) is 60.0 cm³/mol. The van der Waals surface area contributed by atoms with E-state index in [2.05, 4.69) is 0 Å². The third-order valence-electron chi connectivity index (χ3n) is 2.24. The molecule has 1 amide bonds. The van der Waals surface area contributed by atoms with Crippen LogP contribution in [0.5, 0.6) is 0 Å². The van der Waals surface area contributed by atoms with E-state index in [-0.39, 0.29) is 10.6 Å². The van der Waals surface area contributed by atoms with Gasteiger partial charge in [-0.25, -0.2) is 13.1 Å². The van der Waals surface area contributed by atoms with Crippen LogP contribution in [-0.2, 0) is 17.1 Å². The molecule has 0 bridgehead atoms. The maximum Gasteiger partial charge on any atom is 0.405 e. The van der Waals surface area contributed by atoms with Crippen molar-refractivity contribution in [1.29, 1.82) is 0 Å². The number of sulfonamides is 1. The van der Waals surface area contributed by atoms with Gasteiger partial charge in [0.2, 0.25) is 10.0 Å². The Bertz CT molecular complexity index is 577. The minimum absolute atomic E-state index is 0.182. The number of aryl methyl sites for hydroxylation is 1. The van der Waals surface area contributed by atoms with Gasteiger partial charge in [-0.2, -0.15) is 13.2 Å². The van der Waals surface area contributed by atoms with Gasteiger partial charge in [-0.1, -0.05) is 0 Å². The highest BCUT2D eigenvalue weighted by atomic mass is 32.2. The van der Waals surface area contributed by atoms with E-state index in [4.69, 9.17) is 0 Å². The lowest BCUT2D eigenvalue weighted by Crippen LogP contribution is -2.34. The van der Waals surface area contributed by atoms with Crippen molar-refractivity contribution in [2.45, 2.75) is 11.1 Å². The molecule has 0 unspecified atom stereocenters. The van der Waals surface area contributed by atoms with Gasteiger partial charge in [0.25, 0.3) is 5.91 Å². The summed E-state index contributed by atoms with van der Waals surface area (Å²) in [6.45, 7) is -1.48. The molecule has 0 atom stereocenters. The highest BCUT2D eigenvalue weighted by Crippen LogP contribution is 2.15. The highest BCUT2D eigenvalue weighted by Gasteiger charge is 2.28. The summed E-state index contributed by atoms with van der Waals surface area (Å²) in [6, 6.07) is 0.998. The Labute approximate surface area is 107 Å². The molecule has 10 heteroatoms. The van der Waals surface area contributed by atoms with Gasteiger partial charge in [-0.05, 0) is 13.1 Å². The molecular weight excluding hydrogens is 287 g/mol. The van der Waals surface area contributed by atoms with Gasteiger partial charge >= 0.3 is 6.18 Å².